The second-order valence-corrected chi connectivity index (χ2v) is 5.74. The average Bonchev–Trinajstić information content (AvgIpc) is 2.22. The summed E-state index contributed by atoms with van der Waals surface area (Å²) in [6.45, 7) is 6.22. The van der Waals surface area contributed by atoms with Gasteiger partial charge in [0.2, 0.25) is 0 Å². The molecule has 1 atom stereocenters. The highest BCUT2D eigenvalue weighted by Crippen LogP contribution is 2.35. The van der Waals surface area contributed by atoms with Gasteiger partial charge in [-0.15, -0.1) is 0 Å². The molecule has 0 aliphatic rings. The summed E-state index contributed by atoms with van der Waals surface area (Å²) in [5.41, 5.74) is 5.28. The molecular formula is C14H19F3N2O2. The minimum atomic E-state index is -4.64. The van der Waals surface area contributed by atoms with Crippen LogP contribution in [-0.4, -0.2) is 17.9 Å². The van der Waals surface area contributed by atoms with Crippen molar-refractivity contribution in [3.8, 4) is 0 Å². The Balaban J connectivity index is 3.05. The van der Waals surface area contributed by atoms with Crippen LogP contribution in [0.3, 0.4) is 0 Å². The Labute approximate surface area is 121 Å². The lowest BCUT2D eigenvalue weighted by molar-refractivity contribution is -0.157. The summed E-state index contributed by atoms with van der Waals surface area (Å²) in [4.78, 5) is 11.6. The van der Waals surface area contributed by atoms with Gasteiger partial charge in [-0.2, -0.15) is 13.2 Å². The molecule has 0 aromatic heterocycles. The first kappa shape index (κ1) is 17.1. The second-order valence-electron chi connectivity index (χ2n) is 5.74. The third kappa shape index (κ3) is 5.17. The minimum Gasteiger partial charge on any atom is -0.444 e. The van der Waals surface area contributed by atoms with Gasteiger partial charge in [0.1, 0.15) is 5.60 Å². The maximum atomic E-state index is 13.2. The number of carbonyl (C=O) groups is 1. The van der Waals surface area contributed by atoms with Crippen molar-refractivity contribution in [1.29, 1.82) is 0 Å². The van der Waals surface area contributed by atoms with E-state index in [0.717, 1.165) is 0 Å². The van der Waals surface area contributed by atoms with Crippen LogP contribution in [0.1, 0.15) is 37.9 Å². The van der Waals surface area contributed by atoms with E-state index >= 15 is 0 Å². The van der Waals surface area contributed by atoms with Crippen molar-refractivity contribution in [2.75, 3.05) is 5.73 Å². The molecular weight excluding hydrogens is 285 g/mol. The van der Waals surface area contributed by atoms with Gasteiger partial charge in [-0.05, 0) is 51.0 Å². The predicted molar refractivity (Wildman–Crippen MR) is 73.8 cm³/mol. The molecule has 0 heterocycles. The molecule has 0 unspecified atom stereocenters. The molecule has 1 aromatic rings. The number of alkyl carbamates (subject to hydrolysis) is 1. The molecule has 1 amide bonds. The smallest absolute Gasteiger partial charge is 0.412 e. The maximum absolute atomic E-state index is 13.2. The predicted octanol–water partition coefficient (Wildman–Crippen LogP) is 3.71. The molecule has 4 nitrogen and oxygen atoms in total. The van der Waals surface area contributed by atoms with Crippen LogP contribution in [0.2, 0.25) is 0 Å². The van der Waals surface area contributed by atoms with Gasteiger partial charge in [0.15, 0.2) is 6.04 Å². The van der Waals surface area contributed by atoms with Crippen LogP contribution >= 0.6 is 0 Å². The zero-order chi connectivity index (χ0) is 16.4. The van der Waals surface area contributed by atoms with Gasteiger partial charge in [0.05, 0.1) is 0 Å². The fourth-order valence-electron chi connectivity index (χ4n) is 1.78. The molecule has 21 heavy (non-hydrogen) atoms. The van der Waals surface area contributed by atoms with Crippen LogP contribution in [0.15, 0.2) is 18.2 Å². The number of halogens is 3. The Morgan fingerprint density at radius 2 is 1.86 bits per heavy atom. The molecule has 118 valence electrons. The number of carbonyl (C=O) groups excluding carboxylic acids is 1. The first-order valence-corrected chi connectivity index (χ1v) is 6.32. The van der Waals surface area contributed by atoms with Crippen molar-refractivity contribution >= 4 is 11.8 Å². The molecule has 7 heteroatoms. The van der Waals surface area contributed by atoms with Crippen LogP contribution in [0.4, 0.5) is 23.7 Å². The van der Waals surface area contributed by atoms with Crippen molar-refractivity contribution < 1.29 is 22.7 Å². The summed E-state index contributed by atoms with van der Waals surface area (Å²) in [6.07, 6.45) is -5.77. The highest BCUT2D eigenvalue weighted by molar-refractivity contribution is 5.68. The molecule has 0 saturated heterocycles. The zero-order valence-corrected chi connectivity index (χ0v) is 12.3. The van der Waals surface area contributed by atoms with Gasteiger partial charge in [-0.3, -0.25) is 0 Å². The number of hydrogen-bond acceptors (Lipinski definition) is 3. The summed E-state index contributed by atoms with van der Waals surface area (Å²) in [6, 6.07) is 1.89. The van der Waals surface area contributed by atoms with Crippen LogP contribution in [-0.2, 0) is 4.74 Å². The molecule has 3 N–H and O–H groups in total. The number of alkyl halides is 3. The second kappa shape index (κ2) is 5.83. The van der Waals surface area contributed by atoms with E-state index in [1.807, 2.05) is 5.32 Å². The number of amides is 1. The third-order valence-corrected chi connectivity index (χ3v) is 2.59. The highest BCUT2D eigenvalue weighted by Gasteiger charge is 2.43. The van der Waals surface area contributed by atoms with Gasteiger partial charge >= 0.3 is 12.3 Å². The van der Waals surface area contributed by atoms with E-state index in [-0.39, 0.29) is 5.56 Å². The van der Waals surface area contributed by atoms with E-state index in [0.29, 0.717) is 11.3 Å². The number of nitrogens with one attached hydrogen (secondary N) is 1. The van der Waals surface area contributed by atoms with Crippen LogP contribution in [0, 0.1) is 6.92 Å². The fraction of sp³-hybridized carbons (Fsp3) is 0.500. The Bertz CT molecular complexity index is 522. The van der Waals surface area contributed by atoms with Crippen molar-refractivity contribution in [1.82, 2.24) is 5.32 Å². The van der Waals surface area contributed by atoms with Gasteiger partial charge < -0.3 is 15.8 Å². The Morgan fingerprint density at radius 1 is 1.29 bits per heavy atom. The van der Waals surface area contributed by atoms with Gasteiger partial charge in [-0.25, -0.2) is 4.79 Å². The molecule has 0 aliphatic carbocycles. The lowest BCUT2D eigenvalue weighted by Crippen LogP contribution is -2.41. The van der Waals surface area contributed by atoms with E-state index in [1.165, 1.54) is 25.1 Å². The van der Waals surface area contributed by atoms with Gasteiger partial charge in [0, 0.05) is 5.69 Å². The summed E-state index contributed by atoms with van der Waals surface area (Å²) >= 11 is 0. The van der Waals surface area contributed by atoms with Gasteiger partial charge in [0.25, 0.3) is 0 Å². The number of aryl methyl sites for hydroxylation is 1. The monoisotopic (exact) mass is 304 g/mol. The molecule has 0 fully saturated rings. The zero-order valence-electron chi connectivity index (χ0n) is 12.3. The molecule has 1 rings (SSSR count). The molecule has 0 saturated carbocycles. The molecule has 0 bridgehead atoms. The summed E-state index contributed by atoms with van der Waals surface area (Å²) in [7, 11) is 0. The van der Waals surface area contributed by atoms with Crippen LogP contribution in [0.25, 0.3) is 0 Å². The van der Waals surface area contributed by atoms with Crippen molar-refractivity contribution in [3.63, 3.8) is 0 Å². The lowest BCUT2D eigenvalue weighted by atomic mass is 10.0. The van der Waals surface area contributed by atoms with Crippen molar-refractivity contribution in [2.45, 2.75) is 45.5 Å². The summed E-state index contributed by atoms with van der Waals surface area (Å²) in [5, 5.41) is 1.86. The first-order valence-electron chi connectivity index (χ1n) is 6.32. The van der Waals surface area contributed by atoms with E-state index < -0.39 is 23.9 Å². The average molecular weight is 304 g/mol. The Kier molecular flexibility index (Phi) is 4.76. The SMILES string of the molecule is Cc1cc(N)ccc1[C@H](NC(=O)OC(C)(C)C)C(F)(F)F. The summed E-state index contributed by atoms with van der Waals surface area (Å²) < 4.78 is 44.4. The van der Waals surface area contributed by atoms with Gasteiger partial charge in [-0.1, -0.05) is 6.07 Å². The van der Waals surface area contributed by atoms with E-state index in [9.17, 15) is 18.0 Å². The molecule has 0 aliphatic heterocycles. The molecule has 0 radical (unpaired) electrons. The highest BCUT2D eigenvalue weighted by atomic mass is 19.4. The van der Waals surface area contributed by atoms with Crippen LogP contribution in [0.5, 0.6) is 0 Å². The Morgan fingerprint density at radius 3 is 2.29 bits per heavy atom. The Hall–Kier alpha value is -1.92. The number of hydrogen-bond donors (Lipinski definition) is 2. The fourth-order valence-corrected chi connectivity index (χ4v) is 1.78. The summed E-state index contributed by atoms with van der Waals surface area (Å²) in [5.74, 6) is 0. The number of anilines is 1. The largest absolute Gasteiger partial charge is 0.444 e. The maximum Gasteiger partial charge on any atom is 0.412 e. The normalized spacial score (nSPS) is 13.7. The van der Waals surface area contributed by atoms with E-state index in [2.05, 4.69) is 0 Å². The van der Waals surface area contributed by atoms with Crippen molar-refractivity contribution in [2.24, 2.45) is 0 Å². The number of benzene rings is 1. The van der Waals surface area contributed by atoms with Crippen molar-refractivity contribution in [3.05, 3.63) is 29.3 Å². The van der Waals surface area contributed by atoms with Crippen LogP contribution < -0.4 is 11.1 Å². The molecule has 1 aromatic carbocycles. The minimum absolute atomic E-state index is 0.0671. The number of ether oxygens (including phenoxy) is 1. The number of nitrogen functional groups attached to an aromatic ring is 1. The first-order chi connectivity index (χ1) is 9.40. The standard InChI is InChI=1S/C14H19F3N2O2/c1-8-7-9(18)5-6-10(8)11(14(15,16)17)19-12(20)21-13(2,3)4/h5-7,11H,18H2,1-4H3,(H,19,20)/t11-/m0/s1. The number of nitrogens with two attached hydrogens (primary N) is 1. The third-order valence-electron chi connectivity index (χ3n) is 2.59. The quantitative estimate of drug-likeness (QED) is 0.819. The van der Waals surface area contributed by atoms with E-state index in [4.69, 9.17) is 10.5 Å². The van der Waals surface area contributed by atoms with E-state index in [1.54, 1.807) is 20.8 Å². The lowest BCUT2D eigenvalue weighted by Gasteiger charge is -2.26. The number of rotatable bonds is 2. The molecule has 0 spiro atoms. The topological polar surface area (TPSA) is 64.3 Å².